The highest BCUT2D eigenvalue weighted by atomic mass is 16.4. The summed E-state index contributed by atoms with van der Waals surface area (Å²) in [6, 6.07) is 14.2. The molecule has 1 aliphatic rings. The molecule has 3 N–H and O–H groups in total. The second-order valence-corrected chi connectivity index (χ2v) is 6.71. The van der Waals surface area contributed by atoms with Crippen LogP contribution in [0.15, 0.2) is 48.5 Å². The fourth-order valence-electron chi connectivity index (χ4n) is 3.31. The molecule has 0 radical (unpaired) electrons. The standard InChI is InChI=1S/C21H22N2O4/c24-19-10-6-15-13-17(7-9-18(15)19)23-21(27)22-16(8-11-20(25)26)12-14-4-2-1-3-5-14/h1-5,7,9,13,16H,6,8,10-12H2,(H,25,26)(H2,22,23,27). The minimum Gasteiger partial charge on any atom is -0.481 e. The zero-order valence-electron chi connectivity index (χ0n) is 14.9. The molecular weight excluding hydrogens is 344 g/mol. The number of rotatable bonds is 7. The number of carboxylic acids is 1. The Morgan fingerprint density at radius 3 is 2.59 bits per heavy atom. The van der Waals surface area contributed by atoms with Crippen molar-refractivity contribution in [3.8, 4) is 0 Å². The SMILES string of the molecule is O=C(O)CCC(Cc1ccccc1)NC(=O)Nc1ccc2c(c1)CCC2=O. The van der Waals surface area contributed by atoms with Gasteiger partial charge in [0.1, 0.15) is 0 Å². The molecule has 0 saturated carbocycles. The molecule has 1 unspecified atom stereocenters. The minimum absolute atomic E-state index is 0.0151. The van der Waals surface area contributed by atoms with Crippen molar-refractivity contribution in [2.75, 3.05) is 5.32 Å². The van der Waals surface area contributed by atoms with Gasteiger partial charge < -0.3 is 15.7 Å². The monoisotopic (exact) mass is 366 g/mol. The average molecular weight is 366 g/mol. The first-order chi connectivity index (χ1) is 13.0. The summed E-state index contributed by atoms with van der Waals surface area (Å²) in [6.45, 7) is 0. The van der Waals surface area contributed by atoms with E-state index in [9.17, 15) is 14.4 Å². The molecule has 6 nitrogen and oxygen atoms in total. The zero-order valence-corrected chi connectivity index (χ0v) is 14.9. The van der Waals surface area contributed by atoms with Gasteiger partial charge in [-0.15, -0.1) is 0 Å². The smallest absolute Gasteiger partial charge is 0.319 e. The lowest BCUT2D eigenvalue weighted by atomic mass is 10.0. The van der Waals surface area contributed by atoms with Crippen LogP contribution in [0.3, 0.4) is 0 Å². The third kappa shape index (κ3) is 5.17. The zero-order chi connectivity index (χ0) is 19.2. The number of hydrogen-bond donors (Lipinski definition) is 3. The summed E-state index contributed by atoms with van der Waals surface area (Å²) in [5.74, 6) is -0.754. The molecule has 140 valence electrons. The number of carbonyl (C=O) groups is 3. The Balaban J connectivity index is 1.63. The molecule has 6 heteroatoms. The lowest BCUT2D eigenvalue weighted by molar-refractivity contribution is -0.137. The number of aryl methyl sites for hydroxylation is 1. The van der Waals surface area contributed by atoms with Crippen molar-refractivity contribution in [1.82, 2.24) is 5.32 Å². The van der Waals surface area contributed by atoms with Crippen molar-refractivity contribution in [3.63, 3.8) is 0 Å². The van der Waals surface area contributed by atoms with E-state index in [1.165, 1.54) is 0 Å². The van der Waals surface area contributed by atoms with Gasteiger partial charge in [0.25, 0.3) is 0 Å². The molecule has 0 aromatic heterocycles. The topological polar surface area (TPSA) is 95.5 Å². The van der Waals surface area contributed by atoms with Crippen molar-refractivity contribution in [2.24, 2.45) is 0 Å². The van der Waals surface area contributed by atoms with Crippen molar-refractivity contribution < 1.29 is 19.5 Å². The number of carbonyl (C=O) groups excluding carboxylic acids is 2. The Bertz CT molecular complexity index is 849. The molecule has 0 aliphatic heterocycles. The largest absolute Gasteiger partial charge is 0.481 e. The van der Waals surface area contributed by atoms with E-state index in [1.807, 2.05) is 36.4 Å². The molecule has 2 amide bonds. The highest BCUT2D eigenvalue weighted by Gasteiger charge is 2.20. The normalized spacial score (nSPS) is 13.7. The average Bonchev–Trinajstić information content (AvgIpc) is 3.01. The Morgan fingerprint density at radius 1 is 1.07 bits per heavy atom. The number of nitrogens with one attached hydrogen (secondary N) is 2. The van der Waals surface area contributed by atoms with E-state index in [-0.39, 0.29) is 24.3 Å². The summed E-state index contributed by atoms with van der Waals surface area (Å²) in [4.78, 5) is 35.0. The molecule has 0 spiro atoms. The van der Waals surface area contributed by atoms with Crippen LogP contribution in [0.1, 0.15) is 40.7 Å². The van der Waals surface area contributed by atoms with Gasteiger partial charge in [0.2, 0.25) is 0 Å². The van der Waals surface area contributed by atoms with E-state index in [2.05, 4.69) is 10.6 Å². The fraction of sp³-hybridized carbons (Fsp3) is 0.286. The third-order valence-electron chi connectivity index (χ3n) is 4.65. The predicted molar refractivity (Wildman–Crippen MR) is 102 cm³/mol. The van der Waals surface area contributed by atoms with Crippen LogP contribution >= 0.6 is 0 Å². The predicted octanol–water partition coefficient (Wildman–Crippen LogP) is 3.41. The summed E-state index contributed by atoms with van der Waals surface area (Å²) in [5.41, 5.74) is 3.33. The molecule has 1 atom stereocenters. The first-order valence-corrected chi connectivity index (χ1v) is 9.00. The highest BCUT2D eigenvalue weighted by molar-refractivity contribution is 6.01. The molecule has 0 heterocycles. The summed E-state index contributed by atoms with van der Waals surface area (Å²) >= 11 is 0. The quantitative estimate of drug-likeness (QED) is 0.700. The number of urea groups is 1. The Labute approximate surface area is 157 Å². The van der Waals surface area contributed by atoms with Gasteiger partial charge in [-0.25, -0.2) is 4.79 Å². The third-order valence-corrected chi connectivity index (χ3v) is 4.65. The van der Waals surface area contributed by atoms with Gasteiger partial charge in [0, 0.05) is 30.1 Å². The lowest BCUT2D eigenvalue weighted by Crippen LogP contribution is -2.39. The van der Waals surface area contributed by atoms with E-state index >= 15 is 0 Å². The van der Waals surface area contributed by atoms with E-state index < -0.39 is 5.97 Å². The number of amides is 2. The Hall–Kier alpha value is -3.15. The van der Waals surface area contributed by atoms with Crippen LogP contribution in [-0.4, -0.2) is 28.9 Å². The van der Waals surface area contributed by atoms with Crippen LogP contribution in [0.25, 0.3) is 0 Å². The highest BCUT2D eigenvalue weighted by Crippen LogP contribution is 2.25. The maximum atomic E-state index is 12.4. The number of carboxylic acid groups (broad SMARTS) is 1. The molecule has 0 fully saturated rings. The number of anilines is 1. The summed E-state index contributed by atoms with van der Waals surface area (Å²) < 4.78 is 0. The van der Waals surface area contributed by atoms with Gasteiger partial charge >= 0.3 is 12.0 Å². The van der Waals surface area contributed by atoms with E-state index in [0.717, 1.165) is 16.7 Å². The van der Waals surface area contributed by atoms with Gasteiger partial charge in [0.05, 0.1) is 0 Å². The van der Waals surface area contributed by atoms with Gasteiger partial charge in [-0.1, -0.05) is 30.3 Å². The number of benzene rings is 2. The number of fused-ring (bicyclic) bond motifs is 1. The first kappa shape index (κ1) is 18.6. The van der Waals surface area contributed by atoms with Crippen molar-refractivity contribution >= 4 is 23.5 Å². The van der Waals surface area contributed by atoms with E-state index in [4.69, 9.17) is 5.11 Å². The second kappa shape index (κ2) is 8.49. The van der Waals surface area contributed by atoms with Crippen LogP contribution in [0, 0.1) is 0 Å². The van der Waals surface area contributed by atoms with Gasteiger partial charge in [-0.05, 0) is 48.6 Å². The van der Waals surface area contributed by atoms with Gasteiger partial charge in [0.15, 0.2) is 5.78 Å². The van der Waals surface area contributed by atoms with Crippen LogP contribution < -0.4 is 10.6 Å². The molecule has 2 aromatic rings. The van der Waals surface area contributed by atoms with Crippen molar-refractivity contribution in [1.29, 1.82) is 0 Å². The Morgan fingerprint density at radius 2 is 1.85 bits per heavy atom. The minimum atomic E-state index is -0.890. The van der Waals surface area contributed by atoms with E-state index in [1.54, 1.807) is 12.1 Å². The van der Waals surface area contributed by atoms with Crippen LogP contribution in [0.5, 0.6) is 0 Å². The summed E-state index contributed by atoms with van der Waals surface area (Å²) in [6.07, 6.45) is 2.09. The molecule has 2 aromatic carbocycles. The number of Topliss-reactive ketones (excluding diaryl/α,β-unsaturated/α-hetero) is 1. The lowest BCUT2D eigenvalue weighted by Gasteiger charge is -2.19. The molecule has 3 rings (SSSR count). The molecule has 1 aliphatic carbocycles. The number of hydrogen-bond acceptors (Lipinski definition) is 3. The molecule has 27 heavy (non-hydrogen) atoms. The first-order valence-electron chi connectivity index (χ1n) is 9.00. The maximum Gasteiger partial charge on any atom is 0.319 e. The summed E-state index contributed by atoms with van der Waals surface area (Å²) in [7, 11) is 0. The van der Waals surface area contributed by atoms with Crippen LogP contribution in [0.4, 0.5) is 10.5 Å². The van der Waals surface area contributed by atoms with Gasteiger partial charge in [-0.2, -0.15) is 0 Å². The molecule has 0 saturated heterocycles. The summed E-state index contributed by atoms with van der Waals surface area (Å²) in [5, 5.41) is 14.6. The second-order valence-electron chi connectivity index (χ2n) is 6.71. The van der Waals surface area contributed by atoms with Crippen molar-refractivity contribution in [3.05, 3.63) is 65.2 Å². The number of aliphatic carboxylic acids is 1. The van der Waals surface area contributed by atoms with E-state index in [0.29, 0.717) is 31.4 Å². The Kier molecular flexibility index (Phi) is 5.86. The fourth-order valence-corrected chi connectivity index (χ4v) is 3.31. The van der Waals surface area contributed by atoms with Crippen LogP contribution in [-0.2, 0) is 17.6 Å². The van der Waals surface area contributed by atoms with Gasteiger partial charge in [-0.3, -0.25) is 9.59 Å². The number of ketones is 1. The van der Waals surface area contributed by atoms with Crippen molar-refractivity contribution in [2.45, 2.75) is 38.1 Å². The maximum absolute atomic E-state index is 12.4. The molecule has 0 bridgehead atoms. The van der Waals surface area contributed by atoms with Crippen LogP contribution in [0.2, 0.25) is 0 Å². The molecular formula is C21H22N2O4.